The maximum Gasteiger partial charge on any atom is 0.232 e. The average Bonchev–Trinajstić information content (AvgIpc) is 2.59. The quantitative estimate of drug-likeness (QED) is 0.844. The summed E-state index contributed by atoms with van der Waals surface area (Å²) in [5.41, 5.74) is 2.69. The number of benzene rings is 1. The number of rotatable bonds is 5. The van der Waals surface area contributed by atoms with Gasteiger partial charge >= 0.3 is 0 Å². The van der Waals surface area contributed by atoms with Crippen LogP contribution < -0.4 is 18.9 Å². The van der Waals surface area contributed by atoms with E-state index in [9.17, 15) is 5.26 Å². The third-order valence-electron chi connectivity index (χ3n) is 3.49. The standard InChI is InChI=1S/C17H18N2O4/c1-10-9-19-17(23-5)12(8-18)15(10)11-6-13(20-2)16(22-4)14(7-11)21-3/h6-7,9H,1-5H3. The summed E-state index contributed by atoms with van der Waals surface area (Å²) in [7, 11) is 6.12. The predicted molar refractivity (Wildman–Crippen MR) is 85.3 cm³/mol. The lowest BCUT2D eigenvalue weighted by molar-refractivity contribution is 0.324. The number of pyridine rings is 1. The summed E-state index contributed by atoms with van der Waals surface area (Å²) in [6.07, 6.45) is 1.66. The monoisotopic (exact) mass is 314 g/mol. The topological polar surface area (TPSA) is 73.6 Å². The summed E-state index contributed by atoms with van der Waals surface area (Å²) < 4.78 is 21.3. The molecular weight excluding hydrogens is 296 g/mol. The lowest BCUT2D eigenvalue weighted by Crippen LogP contribution is -2.00. The number of hydrogen-bond donors (Lipinski definition) is 0. The van der Waals surface area contributed by atoms with Crippen LogP contribution in [0.5, 0.6) is 23.1 Å². The summed E-state index contributed by atoms with van der Waals surface area (Å²) >= 11 is 0. The molecule has 1 heterocycles. The Hall–Kier alpha value is -2.94. The number of aryl methyl sites for hydroxylation is 1. The van der Waals surface area contributed by atoms with Gasteiger partial charge in [-0.3, -0.25) is 0 Å². The van der Waals surface area contributed by atoms with E-state index in [1.807, 2.05) is 6.92 Å². The van der Waals surface area contributed by atoms with Crippen molar-refractivity contribution in [2.45, 2.75) is 6.92 Å². The fourth-order valence-electron chi connectivity index (χ4n) is 2.44. The first kappa shape index (κ1) is 16.4. The van der Waals surface area contributed by atoms with Gasteiger partial charge in [0.1, 0.15) is 11.6 Å². The highest BCUT2D eigenvalue weighted by Crippen LogP contribution is 2.43. The SMILES string of the molecule is COc1cc(-c2c(C)cnc(OC)c2C#N)cc(OC)c1OC. The second kappa shape index (κ2) is 6.88. The van der Waals surface area contributed by atoms with Crippen molar-refractivity contribution in [3.8, 4) is 40.3 Å². The van der Waals surface area contributed by atoms with Gasteiger partial charge in [-0.1, -0.05) is 0 Å². The maximum absolute atomic E-state index is 9.51. The molecule has 0 saturated heterocycles. The van der Waals surface area contributed by atoms with Crippen molar-refractivity contribution in [2.75, 3.05) is 28.4 Å². The molecule has 0 aliphatic rings. The molecule has 0 amide bonds. The van der Waals surface area contributed by atoms with Crippen molar-refractivity contribution in [1.29, 1.82) is 5.26 Å². The van der Waals surface area contributed by atoms with Crippen LogP contribution in [0.15, 0.2) is 18.3 Å². The zero-order chi connectivity index (χ0) is 17.0. The molecule has 23 heavy (non-hydrogen) atoms. The summed E-state index contributed by atoms with van der Waals surface area (Å²) in [6.45, 7) is 1.88. The fraction of sp³-hybridized carbons (Fsp3) is 0.294. The Bertz CT molecular complexity index is 741. The Kier molecular flexibility index (Phi) is 4.91. The molecule has 0 unspecified atom stereocenters. The van der Waals surface area contributed by atoms with Crippen LogP contribution in [0.3, 0.4) is 0 Å². The van der Waals surface area contributed by atoms with Gasteiger partial charge < -0.3 is 18.9 Å². The number of nitrogens with zero attached hydrogens (tertiary/aromatic N) is 2. The number of methoxy groups -OCH3 is 4. The molecule has 0 saturated carbocycles. The van der Waals surface area contributed by atoms with Gasteiger partial charge in [0, 0.05) is 11.8 Å². The van der Waals surface area contributed by atoms with Crippen LogP contribution in [0.1, 0.15) is 11.1 Å². The van der Waals surface area contributed by atoms with Crippen LogP contribution in [0.4, 0.5) is 0 Å². The zero-order valence-electron chi connectivity index (χ0n) is 13.8. The predicted octanol–water partition coefficient (Wildman–Crippen LogP) is 2.96. The van der Waals surface area contributed by atoms with Gasteiger partial charge in [-0.2, -0.15) is 5.26 Å². The Labute approximate surface area is 135 Å². The highest BCUT2D eigenvalue weighted by atomic mass is 16.5. The zero-order valence-corrected chi connectivity index (χ0v) is 13.8. The molecule has 1 aromatic carbocycles. The van der Waals surface area contributed by atoms with E-state index in [2.05, 4.69) is 11.1 Å². The molecule has 0 spiro atoms. The molecule has 120 valence electrons. The molecule has 0 aliphatic carbocycles. The Balaban J connectivity index is 2.80. The molecule has 6 nitrogen and oxygen atoms in total. The van der Waals surface area contributed by atoms with Crippen LogP contribution in [0.25, 0.3) is 11.1 Å². The first-order chi connectivity index (χ1) is 11.1. The molecule has 0 N–H and O–H groups in total. The fourth-order valence-corrected chi connectivity index (χ4v) is 2.44. The molecule has 1 aromatic heterocycles. The summed E-state index contributed by atoms with van der Waals surface area (Å²) in [5, 5.41) is 9.51. The van der Waals surface area contributed by atoms with E-state index in [-0.39, 0.29) is 5.88 Å². The number of ether oxygens (including phenoxy) is 4. The van der Waals surface area contributed by atoms with Crippen LogP contribution in [0.2, 0.25) is 0 Å². The molecule has 2 aromatic rings. The first-order valence-corrected chi connectivity index (χ1v) is 6.85. The maximum atomic E-state index is 9.51. The normalized spacial score (nSPS) is 9.91. The minimum atomic E-state index is 0.279. The first-order valence-electron chi connectivity index (χ1n) is 6.85. The molecule has 2 rings (SSSR count). The summed E-state index contributed by atoms with van der Waals surface area (Å²) in [4.78, 5) is 4.14. The van der Waals surface area contributed by atoms with Gasteiger partial charge in [-0.25, -0.2) is 4.98 Å². The van der Waals surface area contributed by atoms with Gasteiger partial charge in [-0.05, 0) is 30.2 Å². The Morgan fingerprint density at radius 2 is 1.57 bits per heavy atom. The largest absolute Gasteiger partial charge is 0.493 e. The second-order valence-corrected chi connectivity index (χ2v) is 4.73. The lowest BCUT2D eigenvalue weighted by atomic mass is 9.96. The summed E-state index contributed by atoms with van der Waals surface area (Å²) in [5.74, 6) is 1.81. The molecule has 0 fully saturated rings. The van der Waals surface area contributed by atoms with Crippen molar-refractivity contribution in [2.24, 2.45) is 0 Å². The van der Waals surface area contributed by atoms with Crippen LogP contribution in [0, 0.1) is 18.3 Å². The highest BCUT2D eigenvalue weighted by molar-refractivity contribution is 5.79. The number of aromatic nitrogens is 1. The molecular formula is C17H18N2O4. The van der Waals surface area contributed by atoms with Crippen molar-refractivity contribution in [1.82, 2.24) is 4.98 Å². The van der Waals surface area contributed by atoms with E-state index >= 15 is 0 Å². The van der Waals surface area contributed by atoms with Crippen LogP contribution in [-0.2, 0) is 0 Å². The van der Waals surface area contributed by atoms with Crippen molar-refractivity contribution in [3.05, 3.63) is 29.5 Å². The minimum absolute atomic E-state index is 0.279. The van der Waals surface area contributed by atoms with Crippen LogP contribution in [-0.4, -0.2) is 33.4 Å². The van der Waals surface area contributed by atoms with E-state index in [4.69, 9.17) is 18.9 Å². The van der Waals surface area contributed by atoms with E-state index in [0.29, 0.717) is 22.8 Å². The van der Waals surface area contributed by atoms with Gasteiger partial charge in [0.25, 0.3) is 0 Å². The van der Waals surface area contributed by atoms with Crippen LogP contribution >= 0.6 is 0 Å². The average molecular weight is 314 g/mol. The minimum Gasteiger partial charge on any atom is -0.493 e. The van der Waals surface area contributed by atoms with Crippen molar-refractivity contribution in [3.63, 3.8) is 0 Å². The van der Waals surface area contributed by atoms with E-state index in [1.165, 1.54) is 7.11 Å². The van der Waals surface area contributed by atoms with Crippen molar-refractivity contribution >= 4 is 0 Å². The van der Waals surface area contributed by atoms with Gasteiger partial charge in [0.15, 0.2) is 11.5 Å². The van der Waals surface area contributed by atoms with E-state index in [0.717, 1.165) is 16.7 Å². The van der Waals surface area contributed by atoms with Crippen molar-refractivity contribution < 1.29 is 18.9 Å². The van der Waals surface area contributed by atoms with Gasteiger partial charge in [0.05, 0.1) is 28.4 Å². The Morgan fingerprint density at radius 3 is 2.00 bits per heavy atom. The smallest absolute Gasteiger partial charge is 0.232 e. The van der Waals surface area contributed by atoms with E-state index < -0.39 is 0 Å². The second-order valence-electron chi connectivity index (χ2n) is 4.73. The molecule has 0 aliphatic heterocycles. The molecule has 0 atom stereocenters. The third kappa shape index (κ3) is 2.86. The summed E-state index contributed by atoms with van der Waals surface area (Å²) in [6, 6.07) is 5.75. The van der Waals surface area contributed by atoms with Gasteiger partial charge in [0.2, 0.25) is 11.6 Å². The molecule has 0 radical (unpaired) electrons. The highest BCUT2D eigenvalue weighted by Gasteiger charge is 2.20. The van der Waals surface area contributed by atoms with Gasteiger partial charge in [-0.15, -0.1) is 0 Å². The molecule has 0 bridgehead atoms. The third-order valence-corrected chi connectivity index (χ3v) is 3.49. The number of hydrogen-bond acceptors (Lipinski definition) is 6. The number of nitriles is 1. The lowest BCUT2D eigenvalue weighted by Gasteiger charge is -2.16. The van der Waals surface area contributed by atoms with E-state index in [1.54, 1.807) is 39.7 Å². The molecule has 6 heteroatoms. The Morgan fingerprint density at radius 1 is 0.957 bits per heavy atom.